The first-order valence-corrected chi connectivity index (χ1v) is 9.50. The number of aromatic nitrogens is 2. The van der Waals surface area contributed by atoms with Crippen molar-refractivity contribution >= 4 is 50.5 Å². The van der Waals surface area contributed by atoms with Gasteiger partial charge in [-0.15, -0.1) is 0 Å². The molecule has 1 N–H and O–H groups in total. The average Bonchev–Trinajstić information content (AvgIpc) is 2.91. The van der Waals surface area contributed by atoms with Crippen molar-refractivity contribution in [1.82, 2.24) is 13.5 Å². The first-order chi connectivity index (χ1) is 9.95. The molecule has 2 aromatic rings. The van der Waals surface area contributed by atoms with Crippen molar-refractivity contribution in [2.24, 2.45) is 0 Å². The van der Waals surface area contributed by atoms with Crippen LogP contribution in [0.25, 0.3) is 11.0 Å². The molecule has 21 heavy (non-hydrogen) atoms. The second kappa shape index (κ2) is 6.69. The van der Waals surface area contributed by atoms with Gasteiger partial charge in [-0.25, -0.2) is 13.1 Å². The van der Waals surface area contributed by atoms with Crippen molar-refractivity contribution in [3.8, 4) is 0 Å². The number of aliphatic carboxylic acids is 1. The Balaban J connectivity index is 2.33. The molecule has 0 radical (unpaired) electrons. The molecule has 0 aliphatic carbocycles. The van der Waals surface area contributed by atoms with E-state index < -0.39 is 22.0 Å². The number of carboxylic acid groups (broad SMARTS) is 1. The molecule has 0 spiro atoms. The highest BCUT2D eigenvalue weighted by Crippen LogP contribution is 2.21. The van der Waals surface area contributed by atoms with E-state index in [2.05, 4.69) is 13.5 Å². The quantitative estimate of drug-likeness (QED) is 0.741. The highest BCUT2D eigenvalue weighted by molar-refractivity contribution is 7.98. The molecule has 1 aromatic heterocycles. The van der Waals surface area contributed by atoms with E-state index in [0.717, 1.165) is 11.7 Å². The Bertz CT molecular complexity index is 744. The second-order valence-electron chi connectivity index (χ2n) is 4.16. The van der Waals surface area contributed by atoms with Gasteiger partial charge in [0.25, 0.3) is 0 Å². The van der Waals surface area contributed by atoms with Crippen LogP contribution in [-0.4, -0.2) is 41.2 Å². The largest absolute Gasteiger partial charge is 0.548 e. The Kier molecular flexibility index (Phi) is 5.14. The van der Waals surface area contributed by atoms with Gasteiger partial charge in [0, 0.05) is 0 Å². The highest BCUT2D eigenvalue weighted by Gasteiger charge is 2.23. The van der Waals surface area contributed by atoms with Gasteiger partial charge in [-0.2, -0.15) is 20.5 Å². The van der Waals surface area contributed by atoms with E-state index in [0.29, 0.717) is 11.3 Å². The van der Waals surface area contributed by atoms with Gasteiger partial charge in [0.1, 0.15) is 15.9 Å². The van der Waals surface area contributed by atoms with Crippen molar-refractivity contribution in [3.05, 3.63) is 18.2 Å². The van der Waals surface area contributed by atoms with E-state index in [-0.39, 0.29) is 16.8 Å². The molecule has 0 unspecified atom stereocenters. The zero-order chi connectivity index (χ0) is 15.5. The maximum absolute atomic E-state index is 12.3. The molecule has 10 heteroatoms. The molecule has 114 valence electrons. The highest BCUT2D eigenvalue weighted by atomic mass is 32.2. The van der Waals surface area contributed by atoms with Crippen LogP contribution in [0.2, 0.25) is 0 Å². The van der Waals surface area contributed by atoms with Crippen LogP contribution >= 0.6 is 23.5 Å². The van der Waals surface area contributed by atoms with Crippen molar-refractivity contribution < 1.29 is 18.3 Å². The summed E-state index contributed by atoms with van der Waals surface area (Å²) < 4.78 is 34.8. The van der Waals surface area contributed by atoms with Gasteiger partial charge in [0.05, 0.1) is 23.7 Å². The molecule has 0 fully saturated rings. The van der Waals surface area contributed by atoms with Gasteiger partial charge in [-0.1, -0.05) is 6.07 Å². The van der Waals surface area contributed by atoms with Crippen molar-refractivity contribution in [2.45, 2.75) is 17.4 Å². The Labute approximate surface area is 130 Å². The Morgan fingerprint density at radius 2 is 2.24 bits per heavy atom. The predicted octanol–water partition coefficient (Wildman–Crippen LogP) is -0.159. The summed E-state index contributed by atoms with van der Waals surface area (Å²) in [7, 11) is -4.01. The fourth-order valence-electron chi connectivity index (χ4n) is 1.71. The fourth-order valence-corrected chi connectivity index (χ4v) is 4.17. The third-order valence-electron chi connectivity index (χ3n) is 2.73. The maximum Gasteiger partial charge on any atom is 0.243 e. The van der Waals surface area contributed by atoms with E-state index in [1.165, 1.54) is 23.9 Å². The Morgan fingerprint density at radius 3 is 2.90 bits per heavy atom. The minimum absolute atomic E-state index is 0.0795. The lowest BCUT2D eigenvalue weighted by molar-refractivity contribution is -0.308. The monoisotopic (exact) mass is 346 g/mol. The zero-order valence-corrected chi connectivity index (χ0v) is 13.4. The van der Waals surface area contributed by atoms with Crippen LogP contribution in [0.3, 0.4) is 0 Å². The molecular weight excluding hydrogens is 334 g/mol. The standard InChI is InChI=1S/C11H13N3O4S3/c1-19-6-5-8(11(15)16)14-21(17,18)9-4-2-3-7-10(9)13-20-12-7/h2-4,8,14H,5-6H2,1H3,(H,15,16)/p-1/t8-/m1/s1. The van der Waals surface area contributed by atoms with Crippen LogP contribution < -0.4 is 9.83 Å². The molecule has 0 aliphatic heterocycles. The number of rotatable bonds is 7. The number of nitrogens with zero attached hydrogens (tertiary/aromatic N) is 2. The SMILES string of the molecule is CSCC[C@@H](NS(=O)(=O)c1cccc2nsnc12)C(=O)[O-]. The number of fused-ring (bicyclic) bond motifs is 1. The summed E-state index contributed by atoms with van der Waals surface area (Å²) >= 11 is 2.32. The van der Waals surface area contributed by atoms with Gasteiger partial charge in [-0.05, 0) is 30.6 Å². The van der Waals surface area contributed by atoms with Gasteiger partial charge in [0.2, 0.25) is 10.0 Å². The molecule has 1 heterocycles. The summed E-state index contributed by atoms with van der Waals surface area (Å²) in [6, 6.07) is 3.27. The van der Waals surface area contributed by atoms with E-state index in [1.54, 1.807) is 6.07 Å². The van der Waals surface area contributed by atoms with E-state index >= 15 is 0 Å². The minimum atomic E-state index is -4.01. The lowest BCUT2D eigenvalue weighted by Crippen LogP contribution is -2.48. The van der Waals surface area contributed by atoms with Crippen LogP contribution in [0.15, 0.2) is 23.1 Å². The molecule has 2 rings (SSSR count). The Hall–Kier alpha value is -1.23. The molecule has 1 aromatic carbocycles. The number of benzene rings is 1. The van der Waals surface area contributed by atoms with Crippen LogP contribution in [0.4, 0.5) is 0 Å². The summed E-state index contributed by atoms with van der Waals surface area (Å²) in [5, 5.41) is 11.1. The third-order valence-corrected chi connectivity index (χ3v) is 5.42. The topological polar surface area (TPSA) is 112 Å². The lowest BCUT2D eigenvalue weighted by atomic mass is 10.2. The van der Waals surface area contributed by atoms with Gasteiger partial charge >= 0.3 is 0 Å². The van der Waals surface area contributed by atoms with Crippen molar-refractivity contribution in [3.63, 3.8) is 0 Å². The fraction of sp³-hybridized carbons (Fsp3) is 0.364. The summed E-state index contributed by atoms with van der Waals surface area (Å²) in [5.41, 5.74) is 0.689. The number of nitrogens with one attached hydrogen (secondary N) is 1. The lowest BCUT2D eigenvalue weighted by Gasteiger charge is -2.19. The average molecular weight is 346 g/mol. The molecule has 0 saturated heterocycles. The van der Waals surface area contributed by atoms with E-state index in [9.17, 15) is 18.3 Å². The molecule has 0 aliphatic rings. The molecule has 7 nitrogen and oxygen atoms in total. The third kappa shape index (κ3) is 3.70. The molecule has 0 bridgehead atoms. The normalized spacial score (nSPS) is 13.4. The summed E-state index contributed by atoms with van der Waals surface area (Å²) in [6.07, 6.45) is 1.95. The summed E-state index contributed by atoms with van der Waals surface area (Å²) in [6.45, 7) is 0. The van der Waals surface area contributed by atoms with Crippen LogP contribution in [-0.2, 0) is 14.8 Å². The number of carbonyl (C=O) groups is 1. The second-order valence-corrected chi connectivity index (χ2v) is 7.36. The Morgan fingerprint density at radius 1 is 1.48 bits per heavy atom. The number of sulfonamides is 1. The number of carboxylic acids is 1. The first kappa shape index (κ1) is 16.1. The molecule has 1 atom stereocenters. The van der Waals surface area contributed by atoms with Gasteiger partial charge in [0.15, 0.2) is 0 Å². The zero-order valence-electron chi connectivity index (χ0n) is 11.0. The van der Waals surface area contributed by atoms with Crippen molar-refractivity contribution in [2.75, 3.05) is 12.0 Å². The molecular formula is C11H12N3O4S3-. The first-order valence-electron chi connectivity index (χ1n) is 5.89. The summed E-state index contributed by atoms with van der Waals surface area (Å²) in [4.78, 5) is 11.0. The van der Waals surface area contributed by atoms with Gasteiger partial charge < -0.3 is 9.90 Å². The van der Waals surface area contributed by atoms with Gasteiger partial charge in [-0.3, -0.25) is 0 Å². The molecule has 0 saturated carbocycles. The summed E-state index contributed by atoms with van der Waals surface area (Å²) in [5.74, 6) is -0.944. The smallest absolute Gasteiger partial charge is 0.243 e. The maximum atomic E-state index is 12.3. The predicted molar refractivity (Wildman–Crippen MR) is 79.5 cm³/mol. The minimum Gasteiger partial charge on any atom is -0.548 e. The number of hydrogen-bond acceptors (Lipinski definition) is 8. The molecule has 0 amide bonds. The van der Waals surface area contributed by atoms with Crippen LogP contribution in [0.1, 0.15) is 6.42 Å². The number of hydrogen-bond donors (Lipinski definition) is 1. The van der Waals surface area contributed by atoms with Crippen molar-refractivity contribution in [1.29, 1.82) is 0 Å². The van der Waals surface area contributed by atoms with E-state index in [1.807, 2.05) is 6.26 Å². The number of carbonyl (C=O) groups excluding carboxylic acids is 1. The van der Waals surface area contributed by atoms with Crippen LogP contribution in [0.5, 0.6) is 0 Å². The number of thioether (sulfide) groups is 1. The van der Waals surface area contributed by atoms with E-state index in [4.69, 9.17) is 0 Å². The van der Waals surface area contributed by atoms with Crippen LogP contribution in [0, 0.1) is 0 Å².